The summed E-state index contributed by atoms with van der Waals surface area (Å²) < 4.78 is 5.64. The Balaban J connectivity index is 2.19. The van der Waals surface area contributed by atoms with Crippen molar-refractivity contribution >= 4 is 5.78 Å². The van der Waals surface area contributed by atoms with Crippen molar-refractivity contribution < 1.29 is 9.53 Å². The Bertz CT molecular complexity index is 167. The number of hydrogen-bond acceptors (Lipinski definition) is 2. The van der Waals surface area contributed by atoms with Gasteiger partial charge in [-0.3, -0.25) is 4.79 Å². The Hall–Kier alpha value is -0.370. The van der Waals surface area contributed by atoms with Crippen molar-refractivity contribution in [1.29, 1.82) is 0 Å². The molecule has 1 fully saturated rings. The summed E-state index contributed by atoms with van der Waals surface area (Å²) in [6, 6.07) is 0. The summed E-state index contributed by atoms with van der Waals surface area (Å²) in [6.45, 7) is 4.18. The molecule has 0 aliphatic heterocycles. The molecule has 1 rings (SSSR count). The van der Waals surface area contributed by atoms with Gasteiger partial charge in [-0.15, -0.1) is 0 Å². The molecule has 0 saturated heterocycles. The van der Waals surface area contributed by atoms with Crippen LogP contribution in [-0.2, 0) is 9.53 Å². The molecule has 2 nitrogen and oxygen atoms in total. The van der Waals surface area contributed by atoms with Crippen molar-refractivity contribution in [2.75, 3.05) is 6.61 Å². The molecule has 0 amide bonds. The van der Waals surface area contributed by atoms with Gasteiger partial charge in [-0.25, -0.2) is 0 Å². The molecule has 0 aromatic rings. The first-order chi connectivity index (χ1) is 6.70. The van der Waals surface area contributed by atoms with E-state index in [2.05, 4.69) is 0 Å². The molecule has 2 heteroatoms. The summed E-state index contributed by atoms with van der Waals surface area (Å²) in [5, 5.41) is 0. The number of hydrogen-bond donors (Lipinski definition) is 0. The Morgan fingerprint density at radius 1 is 1.21 bits per heavy atom. The lowest BCUT2D eigenvalue weighted by atomic mass is 10.1. The molecule has 0 spiro atoms. The highest BCUT2D eigenvalue weighted by molar-refractivity contribution is 5.81. The number of Topliss-reactive ketones (excluding diaryl/α,β-unsaturated/α-hetero) is 1. The van der Waals surface area contributed by atoms with Crippen LogP contribution in [0.5, 0.6) is 0 Å². The fourth-order valence-corrected chi connectivity index (χ4v) is 1.78. The number of carbonyl (C=O) groups is 1. The predicted molar refractivity (Wildman–Crippen MR) is 57.3 cm³/mol. The van der Waals surface area contributed by atoms with Crippen molar-refractivity contribution in [3.63, 3.8) is 0 Å². The second-order valence-electron chi connectivity index (χ2n) is 4.55. The van der Waals surface area contributed by atoms with Gasteiger partial charge in [0.15, 0.2) is 5.78 Å². The van der Waals surface area contributed by atoms with Crippen molar-refractivity contribution in [2.24, 2.45) is 5.92 Å². The second-order valence-corrected chi connectivity index (χ2v) is 4.55. The Kier molecular flexibility index (Phi) is 5.16. The van der Waals surface area contributed by atoms with Gasteiger partial charge in [0.2, 0.25) is 0 Å². The quantitative estimate of drug-likeness (QED) is 0.649. The van der Waals surface area contributed by atoms with Crippen LogP contribution < -0.4 is 0 Å². The average Bonchev–Trinajstić information content (AvgIpc) is 2.42. The van der Waals surface area contributed by atoms with E-state index in [0.717, 1.165) is 12.8 Å². The zero-order chi connectivity index (χ0) is 10.4. The molecule has 0 atom stereocenters. The molecule has 0 radical (unpaired) electrons. The monoisotopic (exact) mass is 198 g/mol. The first-order valence-corrected chi connectivity index (χ1v) is 5.84. The minimum absolute atomic E-state index is 0.112. The molecule has 82 valence electrons. The largest absolute Gasteiger partial charge is 0.370 e. The maximum atomic E-state index is 11.3. The molecule has 0 heterocycles. The summed E-state index contributed by atoms with van der Waals surface area (Å²) in [5.41, 5.74) is 0. The summed E-state index contributed by atoms with van der Waals surface area (Å²) in [4.78, 5) is 11.3. The average molecular weight is 198 g/mol. The van der Waals surface area contributed by atoms with Crippen LogP contribution in [0, 0.1) is 5.92 Å². The molecule has 1 aliphatic carbocycles. The van der Waals surface area contributed by atoms with Gasteiger partial charge in [0.25, 0.3) is 0 Å². The third-order valence-electron chi connectivity index (χ3n) is 2.91. The smallest absolute Gasteiger partial charge is 0.160 e. The lowest BCUT2D eigenvalue weighted by molar-refractivity contribution is -0.128. The van der Waals surface area contributed by atoms with Gasteiger partial charge in [0, 0.05) is 5.92 Å². The Labute approximate surface area is 87.0 Å². The topological polar surface area (TPSA) is 26.3 Å². The zero-order valence-corrected chi connectivity index (χ0v) is 9.42. The van der Waals surface area contributed by atoms with E-state index in [9.17, 15) is 4.79 Å². The van der Waals surface area contributed by atoms with Crippen molar-refractivity contribution in [3.05, 3.63) is 0 Å². The number of ether oxygens (including phenoxy) is 1. The molecule has 0 bridgehead atoms. The van der Waals surface area contributed by atoms with Gasteiger partial charge in [-0.1, -0.05) is 39.5 Å². The van der Waals surface area contributed by atoms with E-state index < -0.39 is 0 Å². The lowest BCUT2D eigenvalue weighted by Gasteiger charge is -2.15. The highest BCUT2D eigenvalue weighted by Crippen LogP contribution is 2.19. The number of carbonyl (C=O) groups excluding carboxylic acids is 1. The molecule has 14 heavy (non-hydrogen) atoms. The van der Waals surface area contributed by atoms with Gasteiger partial charge in [0.1, 0.15) is 6.61 Å². The normalized spacial score (nSPS) is 19.6. The highest BCUT2D eigenvalue weighted by atomic mass is 16.5. The number of rotatable bonds is 4. The predicted octanol–water partition coefficient (Wildman–Crippen LogP) is 2.95. The van der Waals surface area contributed by atoms with Crippen LogP contribution in [0.25, 0.3) is 0 Å². The van der Waals surface area contributed by atoms with Gasteiger partial charge >= 0.3 is 0 Å². The van der Waals surface area contributed by atoms with Crippen molar-refractivity contribution in [1.82, 2.24) is 0 Å². The maximum Gasteiger partial charge on any atom is 0.160 e. The zero-order valence-electron chi connectivity index (χ0n) is 9.42. The van der Waals surface area contributed by atoms with E-state index in [1.165, 1.54) is 25.7 Å². The van der Waals surface area contributed by atoms with Crippen LogP contribution in [0.15, 0.2) is 0 Å². The molecule has 0 aromatic carbocycles. The van der Waals surface area contributed by atoms with E-state index >= 15 is 0 Å². The van der Waals surface area contributed by atoms with Crippen LogP contribution in [0.1, 0.15) is 52.4 Å². The molecule has 1 saturated carbocycles. The summed E-state index contributed by atoms with van der Waals surface area (Å²) in [7, 11) is 0. The fraction of sp³-hybridized carbons (Fsp3) is 0.917. The molecule has 0 unspecified atom stereocenters. The second kappa shape index (κ2) is 6.18. The summed E-state index contributed by atoms with van der Waals surface area (Å²) in [6.07, 6.45) is 7.83. The lowest BCUT2D eigenvalue weighted by Crippen LogP contribution is -2.20. The van der Waals surface area contributed by atoms with Gasteiger partial charge < -0.3 is 4.74 Å². The minimum Gasteiger partial charge on any atom is -0.370 e. The van der Waals surface area contributed by atoms with Crippen molar-refractivity contribution in [3.8, 4) is 0 Å². The minimum atomic E-state index is 0.112. The van der Waals surface area contributed by atoms with Crippen LogP contribution in [-0.4, -0.2) is 18.5 Å². The van der Waals surface area contributed by atoms with Gasteiger partial charge in [-0.05, 0) is 12.8 Å². The molecular formula is C12H22O2. The molecule has 0 N–H and O–H groups in total. The maximum absolute atomic E-state index is 11.3. The third kappa shape index (κ3) is 4.23. The van der Waals surface area contributed by atoms with E-state index in [1.54, 1.807) is 0 Å². The summed E-state index contributed by atoms with van der Waals surface area (Å²) in [5.74, 6) is 0.343. The highest BCUT2D eigenvalue weighted by Gasteiger charge is 2.15. The third-order valence-corrected chi connectivity index (χ3v) is 2.91. The Morgan fingerprint density at radius 3 is 2.29 bits per heavy atom. The van der Waals surface area contributed by atoms with E-state index in [1.807, 2.05) is 13.8 Å². The van der Waals surface area contributed by atoms with Gasteiger partial charge in [-0.2, -0.15) is 0 Å². The van der Waals surface area contributed by atoms with Gasteiger partial charge in [0.05, 0.1) is 6.10 Å². The molecule has 1 aliphatic rings. The first kappa shape index (κ1) is 11.7. The summed E-state index contributed by atoms with van der Waals surface area (Å²) >= 11 is 0. The van der Waals surface area contributed by atoms with Crippen LogP contribution in [0.4, 0.5) is 0 Å². The first-order valence-electron chi connectivity index (χ1n) is 5.84. The number of ketones is 1. The standard InChI is InChI=1S/C12H22O2/c1-10(2)12(13)9-14-11-7-5-3-4-6-8-11/h10-11H,3-9H2,1-2H3. The Morgan fingerprint density at radius 2 is 1.79 bits per heavy atom. The van der Waals surface area contributed by atoms with E-state index in [-0.39, 0.29) is 11.7 Å². The van der Waals surface area contributed by atoms with Crippen molar-refractivity contribution in [2.45, 2.75) is 58.5 Å². The molecule has 0 aromatic heterocycles. The molecular weight excluding hydrogens is 176 g/mol. The van der Waals surface area contributed by atoms with Crippen LogP contribution in [0.2, 0.25) is 0 Å². The van der Waals surface area contributed by atoms with E-state index in [4.69, 9.17) is 4.74 Å². The van der Waals surface area contributed by atoms with Crippen LogP contribution in [0.3, 0.4) is 0 Å². The fourth-order valence-electron chi connectivity index (χ4n) is 1.78. The van der Waals surface area contributed by atoms with E-state index in [0.29, 0.717) is 12.7 Å². The van der Waals surface area contributed by atoms with Crippen LogP contribution >= 0.6 is 0 Å². The SMILES string of the molecule is CC(C)C(=O)COC1CCCCCC1.